The zero-order valence-electron chi connectivity index (χ0n) is 10.3. The first-order valence-corrected chi connectivity index (χ1v) is 7.04. The summed E-state index contributed by atoms with van der Waals surface area (Å²) in [5.74, 6) is 1.81. The maximum atomic E-state index is 5.35. The van der Waals surface area contributed by atoms with E-state index in [-0.39, 0.29) is 0 Å². The Hall–Kier alpha value is -0.410. The van der Waals surface area contributed by atoms with Gasteiger partial charge in [0.2, 0.25) is 0 Å². The number of aryl methyl sites for hydroxylation is 1. The normalized spacial score (nSPS) is 29.8. The van der Waals surface area contributed by atoms with E-state index in [1.807, 2.05) is 18.7 Å². The summed E-state index contributed by atoms with van der Waals surface area (Å²) in [5, 5.41) is 4.32. The Bertz CT molecular complexity index is 336. The van der Waals surface area contributed by atoms with Gasteiger partial charge in [-0.05, 0) is 38.3 Å². The minimum atomic E-state index is 0.703. The Morgan fingerprint density at radius 2 is 2.31 bits per heavy atom. The van der Waals surface area contributed by atoms with Crippen molar-refractivity contribution in [1.82, 2.24) is 5.32 Å². The number of hydrogen-bond acceptors (Lipinski definition) is 3. The van der Waals surface area contributed by atoms with E-state index in [2.05, 4.69) is 25.2 Å². The van der Waals surface area contributed by atoms with Gasteiger partial charge in [0, 0.05) is 16.2 Å². The molecule has 90 valence electrons. The van der Waals surface area contributed by atoms with Gasteiger partial charge in [0.25, 0.3) is 0 Å². The molecule has 1 aliphatic carbocycles. The summed E-state index contributed by atoms with van der Waals surface area (Å²) in [4.78, 5) is 1.31. The molecule has 0 amide bonds. The zero-order chi connectivity index (χ0) is 11.5. The van der Waals surface area contributed by atoms with Crippen LogP contribution in [-0.4, -0.2) is 17.8 Å². The molecule has 3 unspecified atom stereocenters. The van der Waals surface area contributed by atoms with Crippen molar-refractivity contribution < 1.29 is 4.42 Å². The minimum absolute atomic E-state index is 0.703. The van der Waals surface area contributed by atoms with Crippen molar-refractivity contribution in [3.05, 3.63) is 18.1 Å². The van der Waals surface area contributed by atoms with Crippen molar-refractivity contribution in [3.63, 3.8) is 0 Å². The van der Waals surface area contributed by atoms with Gasteiger partial charge in [-0.25, -0.2) is 0 Å². The number of rotatable bonds is 4. The fraction of sp³-hybridized carbons (Fsp3) is 0.692. The maximum absolute atomic E-state index is 5.35. The summed E-state index contributed by atoms with van der Waals surface area (Å²) in [6, 6.07) is 2.79. The Labute approximate surface area is 102 Å². The average molecular weight is 239 g/mol. The van der Waals surface area contributed by atoms with Crippen LogP contribution in [0.25, 0.3) is 0 Å². The summed E-state index contributed by atoms with van der Waals surface area (Å²) in [7, 11) is 0. The Morgan fingerprint density at radius 3 is 2.94 bits per heavy atom. The van der Waals surface area contributed by atoms with Crippen LogP contribution in [0.2, 0.25) is 0 Å². The predicted octanol–water partition coefficient (Wildman–Crippen LogP) is 3.46. The van der Waals surface area contributed by atoms with Crippen LogP contribution in [0.15, 0.2) is 21.6 Å². The molecule has 1 aromatic rings. The van der Waals surface area contributed by atoms with E-state index in [0.29, 0.717) is 6.04 Å². The second-order valence-corrected chi connectivity index (χ2v) is 5.88. The van der Waals surface area contributed by atoms with Gasteiger partial charge in [-0.1, -0.05) is 13.8 Å². The quantitative estimate of drug-likeness (QED) is 0.871. The molecular formula is C13H21NOS. The molecule has 0 bridgehead atoms. The van der Waals surface area contributed by atoms with Gasteiger partial charge < -0.3 is 9.73 Å². The third-order valence-corrected chi connectivity index (χ3v) is 5.18. The van der Waals surface area contributed by atoms with Gasteiger partial charge in [-0.2, -0.15) is 0 Å². The number of hydrogen-bond donors (Lipinski definition) is 1. The van der Waals surface area contributed by atoms with E-state index in [9.17, 15) is 0 Å². The van der Waals surface area contributed by atoms with Crippen molar-refractivity contribution in [2.45, 2.75) is 49.8 Å². The number of furan rings is 1. The van der Waals surface area contributed by atoms with Gasteiger partial charge in [-0.3, -0.25) is 0 Å². The molecule has 1 heterocycles. The van der Waals surface area contributed by atoms with E-state index >= 15 is 0 Å². The van der Waals surface area contributed by atoms with Crippen molar-refractivity contribution in [2.75, 3.05) is 6.54 Å². The van der Waals surface area contributed by atoms with Gasteiger partial charge in [0.15, 0.2) is 0 Å². The molecule has 16 heavy (non-hydrogen) atoms. The highest BCUT2D eigenvalue weighted by atomic mass is 32.2. The molecular weight excluding hydrogens is 218 g/mol. The van der Waals surface area contributed by atoms with Gasteiger partial charge in [0.05, 0.1) is 6.26 Å². The molecule has 0 aliphatic heterocycles. The van der Waals surface area contributed by atoms with Gasteiger partial charge >= 0.3 is 0 Å². The summed E-state index contributed by atoms with van der Waals surface area (Å²) >= 11 is 1.99. The molecule has 2 nitrogen and oxygen atoms in total. The smallest absolute Gasteiger partial charge is 0.114 e. The minimum Gasteiger partial charge on any atom is -0.468 e. The molecule has 1 fully saturated rings. The molecule has 1 N–H and O–H groups in total. The molecule has 0 aromatic carbocycles. The molecule has 0 saturated heterocycles. The largest absolute Gasteiger partial charge is 0.468 e. The highest BCUT2D eigenvalue weighted by Crippen LogP contribution is 2.40. The molecule has 1 aliphatic rings. The van der Waals surface area contributed by atoms with Crippen LogP contribution < -0.4 is 5.32 Å². The van der Waals surface area contributed by atoms with E-state index in [1.54, 1.807) is 6.26 Å². The molecule has 2 rings (SSSR count). The summed E-state index contributed by atoms with van der Waals surface area (Å²) in [6.45, 7) is 7.68. The lowest BCUT2D eigenvalue weighted by molar-refractivity contribution is 0.441. The molecule has 0 spiro atoms. The van der Waals surface area contributed by atoms with Crippen LogP contribution in [0.1, 0.15) is 32.4 Å². The SMILES string of the molecule is CCNC1CCC(Sc2ccoc2C)C1C. The lowest BCUT2D eigenvalue weighted by Gasteiger charge is -2.20. The molecule has 1 aromatic heterocycles. The molecule has 1 saturated carbocycles. The maximum Gasteiger partial charge on any atom is 0.114 e. The van der Waals surface area contributed by atoms with E-state index in [1.165, 1.54) is 17.7 Å². The van der Waals surface area contributed by atoms with Crippen LogP contribution in [0.3, 0.4) is 0 Å². The third-order valence-electron chi connectivity index (χ3n) is 3.54. The van der Waals surface area contributed by atoms with E-state index in [4.69, 9.17) is 4.42 Å². The lowest BCUT2D eigenvalue weighted by Crippen LogP contribution is -2.32. The Morgan fingerprint density at radius 1 is 1.50 bits per heavy atom. The molecule has 3 atom stereocenters. The molecule has 0 radical (unpaired) electrons. The second kappa shape index (κ2) is 5.28. The van der Waals surface area contributed by atoms with Gasteiger partial charge in [0.1, 0.15) is 5.76 Å². The second-order valence-electron chi connectivity index (χ2n) is 4.60. The van der Waals surface area contributed by atoms with Crippen LogP contribution >= 0.6 is 11.8 Å². The Kier molecular flexibility index (Phi) is 3.98. The van der Waals surface area contributed by atoms with Crippen LogP contribution in [-0.2, 0) is 0 Å². The highest BCUT2D eigenvalue weighted by molar-refractivity contribution is 8.00. The number of thioether (sulfide) groups is 1. The lowest BCUT2D eigenvalue weighted by atomic mass is 10.1. The van der Waals surface area contributed by atoms with Crippen LogP contribution in [0.5, 0.6) is 0 Å². The van der Waals surface area contributed by atoms with E-state index < -0.39 is 0 Å². The summed E-state index contributed by atoms with van der Waals surface area (Å²) < 4.78 is 5.35. The number of nitrogens with one attached hydrogen (secondary N) is 1. The van der Waals surface area contributed by atoms with Crippen molar-refractivity contribution in [1.29, 1.82) is 0 Å². The van der Waals surface area contributed by atoms with E-state index in [0.717, 1.165) is 23.5 Å². The highest BCUT2D eigenvalue weighted by Gasteiger charge is 2.33. The first-order valence-electron chi connectivity index (χ1n) is 6.16. The first-order chi connectivity index (χ1) is 7.72. The van der Waals surface area contributed by atoms with Crippen molar-refractivity contribution in [3.8, 4) is 0 Å². The summed E-state index contributed by atoms with van der Waals surface area (Å²) in [5.41, 5.74) is 0. The molecule has 3 heteroatoms. The van der Waals surface area contributed by atoms with Crippen LogP contribution in [0, 0.1) is 12.8 Å². The van der Waals surface area contributed by atoms with Crippen molar-refractivity contribution >= 4 is 11.8 Å². The fourth-order valence-corrected chi connectivity index (χ4v) is 3.84. The predicted molar refractivity (Wildman–Crippen MR) is 69.0 cm³/mol. The average Bonchev–Trinajstić information content (AvgIpc) is 2.80. The standard InChI is InChI=1S/C13H21NOS/c1-4-14-11-5-6-12(9(11)2)16-13-7-8-15-10(13)3/h7-9,11-12,14H,4-6H2,1-3H3. The monoisotopic (exact) mass is 239 g/mol. The van der Waals surface area contributed by atoms with Crippen molar-refractivity contribution in [2.24, 2.45) is 5.92 Å². The summed E-state index contributed by atoms with van der Waals surface area (Å²) in [6.07, 6.45) is 4.41. The van der Waals surface area contributed by atoms with Crippen LogP contribution in [0.4, 0.5) is 0 Å². The van der Waals surface area contributed by atoms with Gasteiger partial charge in [-0.15, -0.1) is 11.8 Å². The Balaban J connectivity index is 1.95. The zero-order valence-corrected chi connectivity index (χ0v) is 11.1. The topological polar surface area (TPSA) is 25.2 Å². The third kappa shape index (κ3) is 2.46. The first kappa shape index (κ1) is 12.1. The fourth-order valence-electron chi connectivity index (χ4n) is 2.50.